The van der Waals surface area contributed by atoms with E-state index >= 15 is 0 Å². The minimum Gasteiger partial charge on any atom is -0.390 e. The van der Waals surface area contributed by atoms with Gasteiger partial charge in [0.15, 0.2) is 0 Å². The summed E-state index contributed by atoms with van der Waals surface area (Å²) in [5.74, 6) is 0.497. The first-order valence-electron chi connectivity index (χ1n) is 7.55. The molecule has 1 N–H and O–H groups in total. The van der Waals surface area contributed by atoms with Crippen LogP contribution in [-0.4, -0.2) is 44.4 Å². The van der Waals surface area contributed by atoms with Gasteiger partial charge in [-0.3, -0.25) is 9.48 Å². The molecule has 5 heteroatoms. The number of aliphatic hydroxyl groups is 1. The molecular formula is C15H23N3O2. The Morgan fingerprint density at radius 1 is 1.55 bits per heavy atom. The molecule has 1 aliphatic carbocycles. The van der Waals surface area contributed by atoms with Crippen LogP contribution in [0, 0.1) is 5.92 Å². The summed E-state index contributed by atoms with van der Waals surface area (Å²) in [4.78, 5) is 14.3. The Morgan fingerprint density at radius 3 is 3.00 bits per heavy atom. The number of hydrogen-bond acceptors (Lipinski definition) is 3. The Labute approximate surface area is 119 Å². The highest BCUT2D eigenvalue weighted by atomic mass is 16.3. The Bertz CT molecular complexity index is 493. The molecule has 2 aliphatic rings. The van der Waals surface area contributed by atoms with E-state index in [1.54, 1.807) is 6.20 Å². The van der Waals surface area contributed by atoms with Crippen molar-refractivity contribution in [2.45, 2.75) is 44.1 Å². The van der Waals surface area contributed by atoms with Crippen LogP contribution >= 0.6 is 0 Å². The maximum Gasteiger partial charge on any atom is 0.222 e. The molecule has 1 unspecified atom stereocenters. The van der Waals surface area contributed by atoms with Gasteiger partial charge in [0.1, 0.15) is 0 Å². The zero-order valence-electron chi connectivity index (χ0n) is 12.1. The van der Waals surface area contributed by atoms with Crippen LogP contribution in [0.1, 0.15) is 37.8 Å². The predicted molar refractivity (Wildman–Crippen MR) is 75.0 cm³/mol. The van der Waals surface area contributed by atoms with Crippen LogP contribution in [0.5, 0.6) is 0 Å². The van der Waals surface area contributed by atoms with Crippen molar-refractivity contribution in [2.24, 2.45) is 13.0 Å². The number of rotatable bonds is 4. The Kier molecular flexibility index (Phi) is 3.54. The second kappa shape index (κ2) is 5.20. The number of nitrogens with zero attached hydrogens (tertiary/aromatic N) is 3. The van der Waals surface area contributed by atoms with Gasteiger partial charge >= 0.3 is 0 Å². The first-order valence-corrected chi connectivity index (χ1v) is 7.55. The molecule has 0 spiro atoms. The predicted octanol–water partition coefficient (Wildman–Crippen LogP) is 1.12. The van der Waals surface area contributed by atoms with Crippen molar-refractivity contribution >= 4 is 5.91 Å². The van der Waals surface area contributed by atoms with Crippen LogP contribution in [0.4, 0.5) is 0 Å². The number of likely N-dealkylation sites (tertiary alicyclic amines) is 1. The summed E-state index contributed by atoms with van der Waals surface area (Å²) in [6.07, 6.45) is 6.93. The van der Waals surface area contributed by atoms with Crippen LogP contribution in [0.15, 0.2) is 12.3 Å². The highest BCUT2D eigenvalue weighted by molar-refractivity contribution is 5.76. The van der Waals surface area contributed by atoms with Gasteiger partial charge in [-0.1, -0.05) is 0 Å². The molecule has 0 bridgehead atoms. The molecule has 1 saturated heterocycles. The highest BCUT2D eigenvalue weighted by Gasteiger charge is 2.48. The minimum atomic E-state index is -0.457. The fraction of sp³-hybridized carbons (Fsp3) is 0.733. The molecule has 1 atom stereocenters. The molecule has 20 heavy (non-hydrogen) atoms. The Morgan fingerprint density at radius 2 is 2.35 bits per heavy atom. The maximum atomic E-state index is 12.3. The average Bonchev–Trinajstić information content (AvgIpc) is 3.08. The fourth-order valence-corrected chi connectivity index (χ4v) is 3.22. The largest absolute Gasteiger partial charge is 0.390 e. The van der Waals surface area contributed by atoms with Crippen molar-refractivity contribution in [3.8, 4) is 0 Å². The molecule has 0 radical (unpaired) electrons. The van der Waals surface area contributed by atoms with Gasteiger partial charge in [-0.15, -0.1) is 0 Å². The Balaban J connectivity index is 1.53. The monoisotopic (exact) mass is 277 g/mol. The van der Waals surface area contributed by atoms with Crippen molar-refractivity contribution in [3.63, 3.8) is 0 Å². The van der Waals surface area contributed by atoms with E-state index in [2.05, 4.69) is 5.10 Å². The molecule has 1 aromatic heterocycles. The van der Waals surface area contributed by atoms with Gasteiger partial charge < -0.3 is 10.0 Å². The highest BCUT2D eigenvalue weighted by Crippen LogP contribution is 2.45. The third-order valence-corrected chi connectivity index (χ3v) is 4.81. The number of carbonyl (C=O) groups excluding carboxylic acids is 1. The number of aryl methyl sites for hydroxylation is 2. The van der Waals surface area contributed by atoms with E-state index < -0.39 is 5.60 Å². The summed E-state index contributed by atoms with van der Waals surface area (Å²) >= 11 is 0. The zero-order chi connectivity index (χ0) is 14.2. The zero-order valence-corrected chi connectivity index (χ0v) is 12.1. The summed E-state index contributed by atoms with van der Waals surface area (Å²) in [7, 11) is 1.90. The number of carbonyl (C=O) groups is 1. The smallest absolute Gasteiger partial charge is 0.222 e. The average molecular weight is 277 g/mol. The van der Waals surface area contributed by atoms with Gasteiger partial charge in [-0.2, -0.15) is 5.10 Å². The molecule has 3 rings (SSSR count). The van der Waals surface area contributed by atoms with Gasteiger partial charge in [0.25, 0.3) is 0 Å². The molecule has 1 aliphatic heterocycles. The van der Waals surface area contributed by atoms with Gasteiger partial charge in [0.2, 0.25) is 5.91 Å². The first kappa shape index (κ1) is 13.6. The van der Waals surface area contributed by atoms with Crippen molar-refractivity contribution in [3.05, 3.63) is 18.0 Å². The first-order chi connectivity index (χ1) is 9.58. The molecule has 2 fully saturated rings. The van der Waals surface area contributed by atoms with Crippen molar-refractivity contribution in [2.75, 3.05) is 13.1 Å². The van der Waals surface area contributed by atoms with E-state index in [-0.39, 0.29) is 11.8 Å². The fourth-order valence-electron chi connectivity index (χ4n) is 3.22. The van der Waals surface area contributed by atoms with Crippen molar-refractivity contribution < 1.29 is 9.90 Å². The summed E-state index contributed by atoms with van der Waals surface area (Å²) < 4.78 is 1.82. The molecule has 0 aromatic carbocycles. The van der Waals surface area contributed by atoms with Crippen molar-refractivity contribution in [1.29, 1.82) is 0 Å². The van der Waals surface area contributed by atoms with E-state index in [4.69, 9.17) is 0 Å². The number of piperidine rings is 1. The number of aromatic nitrogens is 2. The SMILES string of the molecule is Cn1nccc1CCC(=O)N1CCCC(C2(O)CC2)C1. The van der Waals surface area contributed by atoms with E-state index in [9.17, 15) is 9.90 Å². The van der Waals surface area contributed by atoms with Crippen molar-refractivity contribution in [1.82, 2.24) is 14.7 Å². The van der Waals surface area contributed by atoms with Gasteiger partial charge in [-0.05, 0) is 38.2 Å². The summed E-state index contributed by atoms with van der Waals surface area (Å²) in [5.41, 5.74) is 0.633. The van der Waals surface area contributed by atoms with E-state index in [1.807, 2.05) is 22.7 Å². The molecular weight excluding hydrogens is 254 g/mol. The second-order valence-corrected chi connectivity index (χ2v) is 6.23. The lowest BCUT2D eigenvalue weighted by Crippen LogP contribution is -2.44. The van der Waals surface area contributed by atoms with Crippen LogP contribution in [0.3, 0.4) is 0 Å². The Hall–Kier alpha value is -1.36. The van der Waals surface area contributed by atoms with Gasteiger partial charge in [0.05, 0.1) is 5.60 Å². The van der Waals surface area contributed by atoms with Crippen LogP contribution < -0.4 is 0 Å². The number of hydrogen-bond donors (Lipinski definition) is 1. The van der Waals surface area contributed by atoms with Crippen LogP contribution in [0.2, 0.25) is 0 Å². The molecule has 5 nitrogen and oxygen atoms in total. The third kappa shape index (κ3) is 2.73. The molecule has 1 amide bonds. The normalized spacial score (nSPS) is 24.7. The quantitative estimate of drug-likeness (QED) is 0.897. The van der Waals surface area contributed by atoms with E-state index in [0.717, 1.165) is 50.9 Å². The standard InChI is InChI=1S/C15H23N3O2/c1-17-13(6-9-16-17)4-5-14(19)18-10-2-3-12(11-18)15(20)7-8-15/h6,9,12,20H,2-5,7-8,10-11H2,1H3. The molecule has 110 valence electrons. The minimum absolute atomic E-state index is 0.208. The molecule has 1 aromatic rings. The molecule has 2 heterocycles. The topological polar surface area (TPSA) is 58.4 Å². The van der Waals surface area contributed by atoms with E-state index in [1.165, 1.54) is 0 Å². The van der Waals surface area contributed by atoms with Gasteiger partial charge in [0, 0.05) is 44.4 Å². The van der Waals surface area contributed by atoms with Crippen LogP contribution in [0.25, 0.3) is 0 Å². The lowest BCUT2D eigenvalue weighted by molar-refractivity contribution is -0.134. The molecule has 1 saturated carbocycles. The van der Waals surface area contributed by atoms with Gasteiger partial charge in [-0.25, -0.2) is 0 Å². The lowest BCUT2D eigenvalue weighted by atomic mass is 9.90. The summed E-state index contributed by atoms with van der Waals surface area (Å²) in [6, 6.07) is 1.96. The lowest BCUT2D eigenvalue weighted by Gasteiger charge is -2.35. The summed E-state index contributed by atoms with van der Waals surface area (Å²) in [6.45, 7) is 1.58. The number of amides is 1. The maximum absolute atomic E-state index is 12.3. The second-order valence-electron chi connectivity index (χ2n) is 6.23. The summed E-state index contributed by atoms with van der Waals surface area (Å²) in [5, 5.41) is 14.3. The van der Waals surface area contributed by atoms with Crippen LogP contribution in [-0.2, 0) is 18.3 Å². The van der Waals surface area contributed by atoms with E-state index in [0.29, 0.717) is 6.42 Å². The third-order valence-electron chi connectivity index (χ3n) is 4.81.